The fourth-order valence-electron chi connectivity index (χ4n) is 2.83. The van der Waals surface area contributed by atoms with Crippen LogP contribution in [0.25, 0.3) is 11.1 Å². The van der Waals surface area contributed by atoms with Crippen LogP contribution < -0.4 is 10.5 Å². The Balaban J connectivity index is 1.64. The van der Waals surface area contributed by atoms with Crippen LogP contribution in [0.5, 0.6) is 0 Å². The summed E-state index contributed by atoms with van der Waals surface area (Å²) in [6.45, 7) is 4.09. The van der Waals surface area contributed by atoms with E-state index in [1.807, 2.05) is 6.07 Å². The highest BCUT2D eigenvalue weighted by Gasteiger charge is 2.16. The minimum atomic E-state index is -3.54. The Bertz CT molecular complexity index is 850. The smallest absolute Gasteiger partial charge is 0.240 e. The van der Waals surface area contributed by atoms with Crippen LogP contribution in [-0.4, -0.2) is 52.7 Å². The summed E-state index contributed by atoms with van der Waals surface area (Å²) in [7, 11) is -3.54. The standard InChI is InChI=1S/C18H22ClN3O3S/c19-18-13-15(20)3-6-17(18)14-1-4-16(5-2-14)26(23,24)21-7-8-22-9-11-25-12-10-22/h1-6,13,21H,7-12,20H2. The van der Waals surface area contributed by atoms with Gasteiger partial charge >= 0.3 is 0 Å². The number of nitrogens with zero attached hydrogens (tertiary/aromatic N) is 1. The van der Waals surface area contributed by atoms with E-state index < -0.39 is 10.0 Å². The monoisotopic (exact) mass is 395 g/mol. The van der Waals surface area contributed by atoms with Crippen molar-refractivity contribution in [1.82, 2.24) is 9.62 Å². The van der Waals surface area contributed by atoms with Gasteiger partial charge in [-0.2, -0.15) is 0 Å². The molecule has 3 N–H and O–H groups in total. The number of sulfonamides is 1. The molecule has 8 heteroatoms. The van der Waals surface area contributed by atoms with Gasteiger partial charge in [-0.3, -0.25) is 4.90 Å². The Labute approximate surface area is 158 Å². The summed E-state index contributed by atoms with van der Waals surface area (Å²) in [5.74, 6) is 0. The molecule has 0 saturated carbocycles. The first-order valence-corrected chi connectivity index (χ1v) is 10.3. The van der Waals surface area contributed by atoms with Gasteiger partial charge < -0.3 is 10.5 Å². The number of halogens is 1. The summed E-state index contributed by atoms with van der Waals surface area (Å²) >= 11 is 6.21. The predicted molar refractivity (Wildman–Crippen MR) is 104 cm³/mol. The molecule has 0 unspecified atom stereocenters. The van der Waals surface area contributed by atoms with Crippen molar-refractivity contribution < 1.29 is 13.2 Å². The molecule has 0 atom stereocenters. The number of hydrogen-bond donors (Lipinski definition) is 2. The Hall–Kier alpha value is -1.64. The lowest BCUT2D eigenvalue weighted by atomic mass is 10.1. The first-order chi connectivity index (χ1) is 12.5. The maximum Gasteiger partial charge on any atom is 0.240 e. The first-order valence-electron chi connectivity index (χ1n) is 8.41. The second-order valence-corrected chi connectivity index (χ2v) is 8.29. The van der Waals surface area contributed by atoms with E-state index >= 15 is 0 Å². The van der Waals surface area contributed by atoms with Crippen molar-refractivity contribution in [2.75, 3.05) is 45.1 Å². The van der Waals surface area contributed by atoms with Gasteiger partial charge in [0.25, 0.3) is 0 Å². The lowest BCUT2D eigenvalue weighted by molar-refractivity contribution is 0.0390. The van der Waals surface area contributed by atoms with Crippen molar-refractivity contribution >= 4 is 27.3 Å². The van der Waals surface area contributed by atoms with Gasteiger partial charge in [0.1, 0.15) is 0 Å². The number of hydrogen-bond acceptors (Lipinski definition) is 5. The molecule has 6 nitrogen and oxygen atoms in total. The highest BCUT2D eigenvalue weighted by atomic mass is 35.5. The molecule has 3 rings (SSSR count). The van der Waals surface area contributed by atoms with Gasteiger partial charge in [-0.05, 0) is 29.8 Å². The van der Waals surface area contributed by atoms with Crippen molar-refractivity contribution in [3.05, 3.63) is 47.5 Å². The Morgan fingerprint density at radius 2 is 1.81 bits per heavy atom. The summed E-state index contributed by atoms with van der Waals surface area (Å²) in [6, 6.07) is 11.9. The van der Waals surface area contributed by atoms with E-state index in [1.54, 1.807) is 36.4 Å². The largest absolute Gasteiger partial charge is 0.399 e. The third-order valence-corrected chi connectivity index (χ3v) is 6.08. The summed E-state index contributed by atoms with van der Waals surface area (Å²) in [5.41, 5.74) is 7.94. The van der Waals surface area contributed by atoms with Gasteiger partial charge in [0.2, 0.25) is 10.0 Å². The number of anilines is 1. The molecular formula is C18H22ClN3O3S. The van der Waals surface area contributed by atoms with Crippen LogP contribution >= 0.6 is 11.6 Å². The molecule has 140 valence electrons. The topological polar surface area (TPSA) is 84.7 Å². The highest BCUT2D eigenvalue weighted by Crippen LogP contribution is 2.30. The van der Waals surface area contributed by atoms with Gasteiger partial charge in [-0.25, -0.2) is 13.1 Å². The van der Waals surface area contributed by atoms with Crippen LogP contribution in [0.15, 0.2) is 47.4 Å². The number of nitrogens with two attached hydrogens (primary N) is 1. The Morgan fingerprint density at radius 1 is 1.12 bits per heavy atom. The second-order valence-electron chi connectivity index (χ2n) is 6.12. The number of morpholine rings is 1. The van der Waals surface area contributed by atoms with Crippen LogP contribution in [0, 0.1) is 0 Å². The van der Waals surface area contributed by atoms with E-state index in [1.165, 1.54) is 0 Å². The highest BCUT2D eigenvalue weighted by molar-refractivity contribution is 7.89. The van der Waals surface area contributed by atoms with Crippen LogP contribution in [0.4, 0.5) is 5.69 Å². The molecule has 1 saturated heterocycles. The van der Waals surface area contributed by atoms with Crippen LogP contribution in [0.1, 0.15) is 0 Å². The molecule has 2 aromatic rings. The van der Waals surface area contributed by atoms with E-state index in [2.05, 4.69) is 9.62 Å². The molecule has 26 heavy (non-hydrogen) atoms. The average molecular weight is 396 g/mol. The van der Waals surface area contributed by atoms with Crippen LogP contribution in [0.3, 0.4) is 0 Å². The average Bonchev–Trinajstić information content (AvgIpc) is 2.63. The van der Waals surface area contributed by atoms with Gasteiger partial charge in [0.15, 0.2) is 0 Å². The summed E-state index contributed by atoms with van der Waals surface area (Å²) in [6.07, 6.45) is 0. The zero-order chi connectivity index (χ0) is 18.6. The van der Waals surface area contributed by atoms with E-state index in [9.17, 15) is 8.42 Å². The normalized spacial score (nSPS) is 15.9. The molecule has 0 aromatic heterocycles. The van der Waals surface area contributed by atoms with Crippen molar-refractivity contribution in [2.45, 2.75) is 4.90 Å². The quantitative estimate of drug-likeness (QED) is 0.732. The number of benzene rings is 2. The van der Waals surface area contributed by atoms with Gasteiger partial charge in [0.05, 0.1) is 23.1 Å². The Kier molecular flexibility index (Phi) is 6.16. The van der Waals surface area contributed by atoms with E-state index in [-0.39, 0.29) is 4.90 Å². The molecule has 0 spiro atoms. The molecule has 0 aliphatic carbocycles. The van der Waals surface area contributed by atoms with E-state index in [0.717, 1.165) is 24.2 Å². The fourth-order valence-corrected chi connectivity index (χ4v) is 4.14. The minimum Gasteiger partial charge on any atom is -0.399 e. The van der Waals surface area contributed by atoms with E-state index in [0.29, 0.717) is 37.0 Å². The summed E-state index contributed by atoms with van der Waals surface area (Å²) < 4.78 is 32.8. The molecule has 1 aliphatic rings. The number of nitrogen functional groups attached to an aromatic ring is 1. The summed E-state index contributed by atoms with van der Waals surface area (Å²) in [4.78, 5) is 2.41. The molecule has 0 bridgehead atoms. The molecule has 2 aromatic carbocycles. The molecule has 1 fully saturated rings. The van der Waals surface area contributed by atoms with Gasteiger partial charge in [0, 0.05) is 37.4 Å². The molecule has 0 radical (unpaired) electrons. The maximum atomic E-state index is 12.4. The minimum absolute atomic E-state index is 0.231. The lowest BCUT2D eigenvalue weighted by Gasteiger charge is -2.26. The molecular weight excluding hydrogens is 374 g/mol. The fraction of sp³-hybridized carbons (Fsp3) is 0.333. The maximum absolute atomic E-state index is 12.4. The molecule has 1 heterocycles. The second kappa shape index (κ2) is 8.37. The number of ether oxygens (including phenoxy) is 1. The van der Waals surface area contributed by atoms with Crippen molar-refractivity contribution in [2.24, 2.45) is 0 Å². The van der Waals surface area contributed by atoms with Crippen LogP contribution in [-0.2, 0) is 14.8 Å². The Morgan fingerprint density at radius 3 is 2.46 bits per heavy atom. The SMILES string of the molecule is Nc1ccc(-c2ccc(S(=O)(=O)NCCN3CCOCC3)cc2)c(Cl)c1. The molecule has 1 aliphatic heterocycles. The lowest BCUT2D eigenvalue weighted by Crippen LogP contribution is -2.41. The zero-order valence-corrected chi connectivity index (χ0v) is 15.9. The molecule has 0 amide bonds. The predicted octanol–water partition coefficient (Wildman–Crippen LogP) is 2.20. The number of nitrogens with one attached hydrogen (secondary N) is 1. The first kappa shape index (κ1) is 19.1. The van der Waals surface area contributed by atoms with Crippen molar-refractivity contribution in [3.8, 4) is 11.1 Å². The van der Waals surface area contributed by atoms with E-state index in [4.69, 9.17) is 22.1 Å². The van der Waals surface area contributed by atoms with Gasteiger partial charge in [-0.15, -0.1) is 0 Å². The van der Waals surface area contributed by atoms with Crippen molar-refractivity contribution in [3.63, 3.8) is 0 Å². The summed E-state index contributed by atoms with van der Waals surface area (Å²) in [5, 5.41) is 0.532. The number of rotatable bonds is 6. The van der Waals surface area contributed by atoms with Crippen LogP contribution in [0.2, 0.25) is 5.02 Å². The third-order valence-electron chi connectivity index (χ3n) is 4.29. The zero-order valence-electron chi connectivity index (χ0n) is 14.3. The van der Waals surface area contributed by atoms with Crippen molar-refractivity contribution in [1.29, 1.82) is 0 Å². The van der Waals surface area contributed by atoms with Gasteiger partial charge in [-0.1, -0.05) is 29.8 Å². The third kappa shape index (κ3) is 4.75.